The second-order valence-corrected chi connectivity index (χ2v) is 9.58. The lowest BCUT2D eigenvalue weighted by Gasteiger charge is -2.15. The summed E-state index contributed by atoms with van der Waals surface area (Å²) in [6, 6.07) is 14.3. The third-order valence-electron chi connectivity index (χ3n) is 5.26. The topological polar surface area (TPSA) is 75.2 Å². The smallest absolute Gasteiger partial charge is 0.262 e. The van der Waals surface area contributed by atoms with Gasteiger partial charge >= 0.3 is 0 Å². The van der Waals surface area contributed by atoms with Gasteiger partial charge in [-0.15, -0.1) is 10.2 Å². The number of hydrogen-bond acceptors (Lipinski definition) is 5. The number of sulfonamides is 1. The standard InChI is InChI=1S/C22H23ClN4O2S/c1-15-14-21(16(2)13-19(15)23)30(28,29)26-18-7-5-17(6-8-18)20-9-10-22(25-24-20)27-11-3-4-12-27/h5-10,13-14,26H,3-4,11-12H2,1-2H3. The van der Waals surface area contributed by atoms with Gasteiger partial charge in [0.15, 0.2) is 5.82 Å². The Bertz CT molecular complexity index is 1160. The SMILES string of the molecule is Cc1cc(S(=O)(=O)Nc2ccc(-c3ccc(N4CCCC4)nn3)cc2)c(C)cc1Cl. The molecular formula is C22H23ClN4O2S. The van der Waals surface area contributed by atoms with Crippen molar-refractivity contribution in [1.82, 2.24) is 10.2 Å². The van der Waals surface area contributed by atoms with Crippen molar-refractivity contribution in [2.24, 2.45) is 0 Å². The Balaban J connectivity index is 1.51. The van der Waals surface area contributed by atoms with E-state index in [1.165, 1.54) is 12.8 Å². The predicted octanol–water partition coefficient (Wildman–Crippen LogP) is 4.81. The van der Waals surface area contributed by atoms with E-state index < -0.39 is 10.0 Å². The van der Waals surface area contributed by atoms with Crippen molar-refractivity contribution in [3.05, 3.63) is 64.7 Å². The van der Waals surface area contributed by atoms with Crippen LogP contribution in [-0.4, -0.2) is 31.7 Å². The minimum atomic E-state index is -3.72. The molecule has 2 aromatic carbocycles. The molecule has 1 fully saturated rings. The lowest BCUT2D eigenvalue weighted by atomic mass is 10.1. The van der Waals surface area contributed by atoms with Gasteiger partial charge in [-0.05, 0) is 74.2 Å². The van der Waals surface area contributed by atoms with Crippen LogP contribution in [0.5, 0.6) is 0 Å². The van der Waals surface area contributed by atoms with Gasteiger partial charge in [0, 0.05) is 29.4 Å². The first kappa shape index (κ1) is 20.6. The normalized spacial score (nSPS) is 14.2. The molecule has 1 N–H and O–H groups in total. The molecule has 4 rings (SSSR count). The number of aryl methyl sites for hydroxylation is 2. The van der Waals surface area contributed by atoms with E-state index in [9.17, 15) is 8.42 Å². The van der Waals surface area contributed by atoms with E-state index in [0.29, 0.717) is 21.8 Å². The van der Waals surface area contributed by atoms with Crippen molar-refractivity contribution in [3.8, 4) is 11.3 Å². The molecule has 30 heavy (non-hydrogen) atoms. The zero-order chi connectivity index (χ0) is 21.3. The Hall–Kier alpha value is -2.64. The van der Waals surface area contributed by atoms with Crippen molar-refractivity contribution >= 4 is 33.1 Å². The highest BCUT2D eigenvalue weighted by molar-refractivity contribution is 7.92. The minimum Gasteiger partial charge on any atom is -0.355 e. The van der Waals surface area contributed by atoms with Crippen molar-refractivity contribution in [2.75, 3.05) is 22.7 Å². The maximum atomic E-state index is 12.8. The number of nitrogens with one attached hydrogen (secondary N) is 1. The largest absolute Gasteiger partial charge is 0.355 e. The highest BCUT2D eigenvalue weighted by Crippen LogP contribution is 2.27. The number of aromatic nitrogens is 2. The molecule has 0 atom stereocenters. The quantitative estimate of drug-likeness (QED) is 0.613. The van der Waals surface area contributed by atoms with Crippen LogP contribution in [0.2, 0.25) is 5.02 Å². The molecule has 0 radical (unpaired) electrons. The summed E-state index contributed by atoms with van der Waals surface area (Å²) in [6.45, 7) is 5.56. The second kappa shape index (κ2) is 8.24. The third kappa shape index (κ3) is 4.27. The molecule has 2 heterocycles. The van der Waals surface area contributed by atoms with Crippen LogP contribution in [0.25, 0.3) is 11.3 Å². The number of rotatable bonds is 5. The van der Waals surface area contributed by atoms with E-state index in [2.05, 4.69) is 19.8 Å². The summed E-state index contributed by atoms with van der Waals surface area (Å²) < 4.78 is 28.3. The van der Waals surface area contributed by atoms with Gasteiger partial charge in [0.25, 0.3) is 10.0 Å². The molecule has 1 aliphatic heterocycles. The van der Waals surface area contributed by atoms with E-state index in [4.69, 9.17) is 11.6 Å². The van der Waals surface area contributed by atoms with Crippen molar-refractivity contribution < 1.29 is 8.42 Å². The van der Waals surface area contributed by atoms with E-state index in [1.54, 1.807) is 38.1 Å². The lowest BCUT2D eigenvalue weighted by Crippen LogP contribution is -2.19. The fraction of sp³-hybridized carbons (Fsp3) is 0.273. The zero-order valence-electron chi connectivity index (χ0n) is 16.9. The Morgan fingerprint density at radius 3 is 2.27 bits per heavy atom. The molecule has 6 nitrogen and oxygen atoms in total. The fourth-order valence-corrected chi connectivity index (χ4v) is 5.15. The zero-order valence-corrected chi connectivity index (χ0v) is 18.5. The molecule has 0 aliphatic carbocycles. The Kier molecular flexibility index (Phi) is 5.66. The minimum absolute atomic E-state index is 0.219. The van der Waals surface area contributed by atoms with Gasteiger partial charge < -0.3 is 4.90 Å². The van der Waals surface area contributed by atoms with E-state index in [-0.39, 0.29) is 4.90 Å². The average Bonchev–Trinajstić information content (AvgIpc) is 3.26. The maximum Gasteiger partial charge on any atom is 0.262 e. The molecule has 3 aromatic rings. The van der Waals surface area contributed by atoms with Crippen LogP contribution in [0.3, 0.4) is 0 Å². The van der Waals surface area contributed by atoms with Crippen molar-refractivity contribution in [2.45, 2.75) is 31.6 Å². The molecule has 0 saturated carbocycles. The van der Waals surface area contributed by atoms with E-state index >= 15 is 0 Å². The number of nitrogens with zero attached hydrogens (tertiary/aromatic N) is 3. The molecule has 0 spiro atoms. The summed E-state index contributed by atoms with van der Waals surface area (Å²) in [5, 5.41) is 9.22. The number of anilines is 2. The molecule has 1 aromatic heterocycles. The van der Waals surface area contributed by atoms with Crippen molar-refractivity contribution in [3.63, 3.8) is 0 Å². The van der Waals surface area contributed by atoms with Gasteiger partial charge in [0.2, 0.25) is 0 Å². The van der Waals surface area contributed by atoms with Gasteiger partial charge in [-0.1, -0.05) is 23.7 Å². The first-order valence-corrected chi connectivity index (χ1v) is 11.7. The van der Waals surface area contributed by atoms with Crippen LogP contribution in [-0.2, 0) is 10.0 Å². The molecule has 156 valence electrons. The van der Waals surface area contributed by atoms with Gasteiger partial charge in [-0.3, -0.25) is 4.72 Å². The Morgan fingerprint density at radius 2 is 1.63 bits per heavy atom. The first-order chi connectivity index (χ1) is 14.3. The predicted molar refractivity (Wildman–Crippen MR) is 121 cm³/mol. The van der Waals surface area contributed by atoms with Gasteiger partial charge in [0.1, 0.15) is 0 Å². The lowest BCUT2D eigenvalue weighted by molar-refractivity contribution is 0.600. The van der Waals surface area contributed by atoms with Gasteiger partial charge in [-0.25, -0.2) is 8.42 Å². The highest BCUT2D eigenvalue weighted by Gasteiger charge is 2.19. The third-order valence-corrected chi connectivity index (χ3v) is 7.19. The molecule has 0 amide bonds. The van der Waals surface area contributed by atoms with Crippen LogP contribution < -0.4 is 9.62 Å². The van der Waals surface area contributed by atoms with Crippen LogP contribution in [0.4, 0.5) is 11.5 Å². The van der Waals surface area contributed by atoms with E-state index in [0.717, 1.165) is 30.2 Å². The molecular weight excluding hydrogens is 420 g/mol. The van der Waals surface area contributed by atoms with Crippen LogP contribution in [0.15, 0.2) is 53.4 Å². The van der Waals surface area contributed by atoms with E-state index in [1.807, 2.05) is 24.3 Å². The number of halogens is 1. The summed E-state index contributed by atoms with van der Waals surface area (Å²) in [5.41, 5.74) is 3.41. The highest BCUT2D eigenvalue weighted by atomic mass is 35.5. The van der Waals surface area contributed by atoms with Gasteiger partial charge in [-0.2, -0.15) is 0 Å². The summed E-state index contributed by atoms with van der Waals surface area (Å²) in [7, 11) is -3.72. The summed E-state index contributed by atoms with van der Waals surface area (Å²) in [5.74, 6) is 0.897. The van der Waals surface area contributed by atoms with Crippen LogP contribution in [0.1, 0.15) is 24.0 Å². The Labute approximate surface area is 182 Å². The van der Waals surface area contributed by atoms with Crippen molar-refractivity contribution in [1.29, 1.82) is 0 Å². The molecule has 0 unspecified atom stereocenters. The molecule has 8 heteroatoms. The monoisotopic (exact) mass is 442 g/mol. The molecule has 1 saturated heterocycles. The molecule has 0 bridgehead atoms. The first-order valence-electron chi connectivity index (χ1n) is 9.82. The average molecular weight is 443 g/mol. The summed E-state index contributed by atoms with van der Waals surface area (Å²) >= 11 is 6.09. The maximum absolute atomic E-state index is 12.8. The van der Waals surface area contributed by atoms with Gasteiger partial charge in [0.05, 0.1) is 10.6 Å². The number of benzene rings is 2. The molecule has 1 aliphatic rings. The van der Waals surface area contributed by atoms with Crippen LogP contribution in [0, 0.1) is 13.8 Å². The number of hydrogen-bond donors (Lipinski definition) is 1. The fourth-order valence-electron chi connectivity index (χ4n) is 3.56. The second-order valence-electron chi connectivity index (χ2n) is 7.52. The summed E-state index contributed by atoms with van der Waals surface area (Å²) in [4.78, 5) is 2.45. The summed E-state index contributed by atoms with van der Waals surface area (Å²) in [6.07, 6.45) is 2.38. The van der Waals surface area contributed by atoms with Crippen LogP contribution >= 0.6 is 11.6 Å². The Morgan fingerprint density at radius 1 is 0.933 bits per heavy atom.